The third-order valence-corrected chi connectivity index (χ3v) is 4.61. The molecule has 2 N–H and O–H groups in total. The summed E-state index contributed by atoms with van der Waals surface area (Å²) >= 11 is 0. The lowest BCUT2D eigenvalue weighted by Crippen LogP contribution is -2.32. The van der Waals surface area contributed by atoms with Crippen LogP contribution in [0, 0.1) is 0 Å². The van der Waals surface area contributed by atoms with Crippen LogP contribution in [0.1, 0.15) is 30.5 Å². The topological polar surface area (TPSA) is 111 Å². The number of aromatic hydroxyl groups is 1. The highest BCUT2D eigenvalue weighted by Crippen LogP contribution is 2.34. The second kappa shape index (κ2) is 6.75. The van der Waals surface area contributed by atoms with Gasteiger partial charge in [0, 0.05) is 40.2 Å². The van der Waals surface area contributed by atoms with E-state index in [0.29, 0.717) is 0 Å². The molecule has 9 nitrogen and oxygen atoms in total. The summed E-state index contributed by atoms with van der Waals surface area (Å²) in [5.74, 6) is -0.762. The van der Waals surface area contributed by atoms with Crippen LogP contribution in [0.5, 0.6) is 5.88 Å². The number of carbonyl (C=O) groups excluding carboxylic acids is 1. The van der Waals surface area contributed by atoms with Gasteiger partial charge in [-0.2, -0.15) is 5.10 Å². The summed E-state index contributed by atoms with van der Waals surface area (Å²) in [6, 6.07) is 7.27. The first-order chi connectivity index (χ1) is 12.7. The highest BCUT2D eigenvalue weighted by Gasteiger charge is 2.34. The number of hydrogen-bond acceptors (Lipinski definition) is 6. The van der Waals surface area contributed by atoms with Crippen LogP contribution in [0.4, 0.5) is 5.69 Å². The maximum atomic E-state index is 12.2. The molecular formula is C18H21N5O4. The second-order valence-corrected chi connectivity index (χ2v) is 6.63. The van der Waals surface area contributed by atoms with E-state index in [0.717, 1.165) is 15.8 Å². The number of rotatable bonds is 3. The van der Waals surface area contributed by atoms with Gasteiger partial charge in [-0.3, -0.25) is 19.1 Å². The Morgan fingerprint density at radius 1 is 1.26 bits per heavy atom. The van der Waals surface area contributed by atoms with E-state index >= 15 is 0 Å². The molecule has 27 heavy (non-hydrogen) atoms. The fraction of sp³-hybridized carbons (Fsp3) is 0.333. The summed E-state index contributed by atoms with van der Waals surface area (Å²) in [6.45, 7) is 1.39. The van der Waals surface area contributed by atoms with E-state index < -0.39 is 23.2 Å². The van der Waals surface area contributed by atoms with Crippen molar-refractivity contribution in [2.24, 2.45) is 12.1 Å². The van der Waals surface area contributed by atoms with Gasteiger partial charge < -0.3 is 10.0 Å². The average molecular weight is 371 g/mol. The third-order valence-electron chi connectivity index (χ3n) is 4.61. The molecule has 1 atom stereocenters. The van der Waals surface area contributed by atoms with Crippen LogP contribution in [-0.2, 0) is 11.8 Å². The van der Waals surface area contributed by atoms with Crippen LogP contribution >= 0.6 is 0 Å². The van der Waals surface area contributed by atoms with Crippen molar-refractivity contribution >= 4 is 17.3 Å². The number of nitrogens with one attached hydrogen (secondary N) is 1. The Bertz CT molecular complexity index is 1030. The monoisotopic (exact) mass is 371 g/mol. The van der Waals surface area contributed by atoms with Crippen molar-refractivity contribution in [2.75, 3.05) is 19.0 Å². The smallest absolute Gasteiger partial charge is 0.330 e. The maximum absolute atomic E-state index is 12.2. The van der Waals surface area contributed by atoms with Gasteiger partial charge in [0.1, 0.15) is 5.56 Å². The average Bonchev–Trinajstić information content (AvgIpc) is 3.05. The number of amides is 1. The fourth-order valence-electron chi connectivity index (χ4n) is 3.07. The van der Waals surface area contributed by atoms with E-state index in [2.05, 4.69) is 10.1 Å². The molecule has 1 aliphatic heterocycles. The second-order valence-electron chi connectivity index (χ2n) is 6.63. The van der Waals surface area contributed by atoms with Crippen LogP contribution < -0.4 is 16.1 Å². The Hall–Kier alpha value is -3.36. The molecule has 0 fully saturated rings. The number of benzene rings is 1. The standard InChI is InChI=1S/C18H21N5O4/c1-10(24)23-14(11-5-7-12(8-6-11)21(2)3)9-13(20-23)15-16(25)19-18(27)22(4)17(15)26/h5-8,14,26H,9H2,1-4H3,(H,19,25,27)/t14-/m1/s1. The molecule has 3 rings (SSSR count). The van der Waals surface area contributed by atoms with Gasteiger partial charge in [-0.1, -0.05) is 12.1 Å². The van der Waals surface area contributed by atoms with Crippen LogP contribution in [-0.4, -0.2) is 45.4 Å². The molecule has 2 aromatic rings. The minimum Gasteiger partial charge on any atom is -0.494 e. The molecule has 1 aliphatic rings. The summed E-state index contributed by atoms with van der Waals surface area (Å²) in [5, 5.41) is 15.8. The van der Waals surface area contributed by atoms with Crippen LogP contribution in [0.3, 0.4) is 0 Å². The highest BCUT2D eigenvalue weighted by molar-refractivity contribution is 6.04. The van der Waals surface area contributed by atoms with E-state index in [1.807, 2.05) is 43.3 Å². The summed E-state index contributed by atoms with van der Waals surface area (Å²) in [7, 11) is 5.21. The number of aromatic nitrogens is 2. The van der Waals surface area contributed by atoms with Gasteiger partial charge in [0.05, 0.1) is 11.8 Å². The number of aromatic amines is 1. The zero-order valence-electron chi connectivity index (χ0n) is 15.6. The summed E-state index contributed by atoms with van der Waals surface area (Å²) < 4.78 is 0.927. The number of hydrazone groups is 1. The molecule has 142 valence electrons. The largest absolute Gasteiger partial charge is 0.494 e. The molecule has 1 aromatic heterocycles. The van der Waals surface area contributed by atoms with E-state index in [9.17, 15) is 19.5 Å². The molecule has 0 saturated carbocycles. The summed E-state index contributed by atoms with van der Waals surface area (Å²) in [6.07, 6.45) is 0.246. The van der Waals surface area contributed by atoms with Crippen molar-refractivity contribution in [1.82, 2.24) is 14.6 Å². The molecule has 0 bridgehead atoms. The lowest BCUT2D eigenvalue weighted by atomic mass is 9.99. The number of carbonyl (C=O) groups is 1. The molecule has 2 heterocycles. The van der Waals surface area contributed by atoms with Gasteiger partial charge >= 0.3 is 5.69 Å². The van der Waals surface area contributed by atoms with Crippen molar-refractivity contribution < 1.29 is 9.90 Å². The van der Waals surface area contributed by atoms with E-state index in [1.165, 1.54) is 19.0 Å². The minimum atomic E-state index is -0.735. The van der Waals surface area contributed by atoms with Gasteiger partial charge in [-0.25, -0.2) is 9.80 Å². The molecule has 0 radical (unpaired) electrons. The Morgan fingerprint density at radius 3 is 2.44 bits per heavy atom. The van der Waals surface area contributed by atoms with Gasteiger partial charge in [0.15, 0.2) is 0 Å². The first-order valence-corrected chi connectivity index (χ1v) is 8.38. The SMILES string of the molecule is CC(=O)N1N=C(c2c(O)n(C)c(=O)[nH]c2=O)C[C@@H]1c1ccc(N(C)C)cc1. The normalized spacial score (nSPS) is 16.4. The maximum Gasteiger partial charge on any atom is 0.330 e. The quantitative estimate of drug-likeness (QED) is 0.818. The number of anilines is 1. The van der Waals surface area contributed by atoms with E-state index in [1.54, 1.807) is 0 Å². The molecule has 1 amide bonds. The number of H-pyrrole nitrogens is 1. The molecule has 0 aliphatic carbocycles. The van der Waals surface area contributed by atoms with Gasteiger partial charge in [-0.15, -0.1) is 0 Å². The molecular weight excluding hydrogens is 350 g/mol. The highest BCUT2D eigenvalue weighted by atomic mass is 16.3. The van der Waals surface area contributed by atoms with Gasteiger partial charge in [0.2, 0.25) is 11.8 Å². The first-order valence-electron chi connectivity index (χ1n) is 8.38. The Balaban J connectivity index is 2.03. The summed E-state index contributed by atoms with van der Waals surface area (Å²) in [4.78, 5) is 40.0. The predicted octanol–water partition coefficient (Wildman–Crippen LogP) is 0.543. The molecule has 9 heteroatoms. The lowest BCUT2D eigenvalue weighted by Gasteiger charge is -2.21. The summed E-state index contributed by atoms with van der Waals surface area (Å²) in [5.41, 5.74) is 0.562. The molecule has 0 unspecified atom stereocenters. The van der Waals surface area contributed by atoms with Crippen molar-refractivity contribution in [1.29, 1.82) is 0 Å². The molecule has 0 saturated heterocycles. The number of hydrogen-bond donors (Lipinski definition) is 2. The van der Waals surface area contributed by atoms with E-state index in [-0.39, 0.29) is 23.6 Å². The van der Waals surface area contributed by atoms with Crippen molar-refractivity contribution in [3.8, 4) is 5.88 Å². The minimum absolute atomic E-state index is 0.101. The van der Waals surface area contributed by atoms with Crippen molar-refractivity contribution in [3.05, 3.63) is 56.2 Å². The third kappa shape index (κ3) is 3.23. The van der Waals surface area contributed by atoms with Gasteiger partial charge in [-0.05, 0) is 17.7 Å². The van der Waals surface area contributed by atoms with Crippen LogP contribution in [0.25, 0.3) is 0 Å². The van der Waals surface area contributed by atoms with Crippen LogP contribution in [0.2, 0.25) is 0 Å². The predicted molar refractivity (Wildman–Crippen MR) is 101 cm³/mol. The van der Waals surface area contributed by atoms with Crippen LogP contribution in [0.15, 0.2) is 39.0 Å². The van der Waals surface area contributed by atoms with E-state index in [4.69, 9.17) is 0 Å². The number of nitrogens with zero attached hydrogens (tertiary/aromatic N) is 4. The van der Waals surface area contributed by atoms with Gasteiger partial charge in [0.25, 0.3) is 5.56 Å². The Morgan fingerprint density at radius 2 is 1.89 bits per heavy atom. The van der Waals surface area contributed by atoms with Crippen molar-refractivity contribution in [3.63, 3.8) is 0 Å². The molecule has 0 spiro atoms. The molecule has 1 aromatic carbocycles. The first kappa shape index (κ1) is 18.4. The Kier molecular flexibility index (Phi) is 4.61. The Labute approximate surface area is 155 Å². The fourth-order valence-corrected chi connectivity index (χ4v) is 3.07. The lowest BCUT2D eigenvalue weighted by molar-refractivity contribution is -0.130. The zero-order valence-corrected chi connectivity index (χ0v) is 15.6. The van der Waals surface area contributed by atoms with Crippen molar-refractivity contribution in [2.45, 2.75) is 19.4 Å². The zero-order chi connectivity index (χ0) is 19.9.